The zero-order chi connectivity index (χ0) is 22.3. The molecule has 10 heteroatoms. The molecule has 1 aliphatic carbocycles. The molecule has 5 rings (SSSR count). The number of benzene rings is 2. The van der Waals surface area contributed by atoms with Crippen molar-refractivity contribution in [2.24, 2.45) is 0 Å². The maximum atomic E-state index is 12.6. The van der Waals surface area contributed by atoms with Gasteiger partial charge in [-0.1, -0.05) is 12.1 Å². The van der Waals surface area contributed by atoms with Gasteiger partial charge >= 0.3 is 6.36 Å². The van der Waals surface area contributed by atoms with Crippen molar-refractivity contribution in [2.75, 3.05) is 10.6 Å². The van der Waals surface area contributed by atoms with Crippen molar-refractivity contribution < 1.29 is 17.9 Å². The normalized spacial score (nSPS) is 13.9. The van der Waals surface area contributed by atoms with Gasteiger partial charge in [0.15, 0.2) is 0 Å². The van der Waals surface area contributed by atoms with Crippen LogP contribution in [-0.2, 0) is 0 Å². The van der Waals surface area contributed by atoms with Crippen LogP contribution in [-0.4, -0.2) is 27.4 Å². The molecule has 2 heterocycles. The van der Waals surface area contributed by atoms with E-state index in [0.29, 0.717) is 29.1 Å². The first-order chi connectivity index (χ1) is 15.3. The van der Waals surface area contributed by atoms with Crippen LogP contribution in [0.3, 0.4) is 0 Å². The lowest BCUT2D eigenvalue weighted by Gasteiger charge is -2.13. The van der Waals surface area contributed by atoms with Crippen molar-refractivity contribution in [3.05, 3.63) is 53.5 Å². The monoisotopic (exact) mass is 457 g/mol. The van der Waals surface area contributed by atoms with E-state index in [1.54, 1.807) is 23.5 Å². The first-order valence-electron chi connectivity index (χ1n) is 9.97. The molecule has 0 radical (unpaired) electrons. The van der Waals surface area contributed by atoms with Crippen LogP contribution in [0.25, 0.3) is 21.5 Å². The van der Waals surface area contributed by atoms with Crippen molar-refractivity contribution in [1.29, 1.82) is 0 Å². The molecule has 164 valence electrons. The average molecular weight is 457 g/mol. The van der Waals surface area contributed by atoms with Crippen molar-refractivity contribution in [2.45, 2.75) is 32.2 Å². The molecule has 0 amide bonds. The van der Waals surface area contributed by atoms with E-state index in [2.05, 4.69) is 30.3 Å². The number of nitrogens with one attached hydrogen (secondary N) is 2. The number of thiazole rings is 1. The molecule has 1 saturated carbocycles. The maximum Gasteiger partial charge on any atom is 0.573 e. The molecule has 0 atom stereocenters. The van der Waals surface area contributed by atoms with E-state index in [1.807, 2.05) is 25.1 Å². The highest BCUT2D eigenvalue weighted by atomic mass is 32.1. The van der Waals surface area contributed by atoms with Gasteiger partial charge in [0.05, 0.1) is 20.9 Å². The molecule has 1 aliphatic rings. The van der Waals surface area contributed by atoms with Crippen LogP contribution >= 0.6 is 11.3 Å². The number of anilines is 3. The molecule has 2 N–H and O–H groups in total. The standard InChI is InChI=1S/C22H18F3N5OS/c1-12-26-18-10-15(7-8-19(18)32-12)27-20-11-17(29-21(30-20)28-14-5-6-14)13-3-2-4-16(9-13)31-22(23,24)25/h2-4,7-11,14H,5-6H2,1H3,(H2,27,28,29,30). The highest BCUT2D eigenvalue weighted by Gasteiger charge is 2.31. The maximum absolute atomic E-state index is 12.6. The molecular weight excluding hydrogens is 439 g/mol. The van der Waals surface area contributed by atoms with Gasteiger partial charge in [-0.2, -0.15) is 4.98 Å². The number of hydrogen-bond donors (Lipinski definition) is 2. The van der Waals surface area contributed by atoms with Gasteiger partial charge in [0, 0.05) is 23.4 Å². The Morgan fingerprint density at radius 2 is 1.88 bits per heavy atom. The minimum absolute atomic E-state index is 0.302. The minimum Gasteiger partial charge on any atom is -0.406 e. The van der Waals surface area contributed by atoms with Gasteiger partial charge in [-0.05, 0) is 50.1 Å². The summed E-state index contributed by atoms with van der Waals surface area (Å²) in [5.41, 5.74) is 2.66. The Balaban J connectivity index is 1.48. The second-order valence-corrected chi connectivity index (χ2v) is 8.73. The summed E-state index contributed by atoms with van der Waals surface area (Å²) in [5.74, 6) is 0.635. The van der Waals surface area contributed by atoms with Crippen molar-refractivity contribution >= 4 is 39.0 Å². The zero-order valence-corrected chi connectivity index (χ0v) is 17.7. The van der Waals surface area contributed by atoms with Crippen LogP contribution in [0.2, 0.25) is 0 Å². The molecule has 4 aromatic rings. The Kier molecular flexibility index (Phi) is 5.09. The second kappa shape index (κ2) is 7.94. The van der Waals surface area contributed by atoms with E-state index in [1.165, 1.54) is 18.2 Å². The summed E-state index contributed by atoms with van der Waals surface area (Å²) in [5, 5.41) is 7.50. The van der Waals surface area contributed by atoms with Crippen molar-refractivity contribution in [1.82, 2.24) is 15.0 Å². The molecular formula is C22H18F3N5OS. The zero-order valence-electron chi connectivity index (χ0n) is 16.9. The van der Waals surface area contributed by atoms with E-state index in [4.69, 9.17) is 0 Å². The van der Waals surface area contributed by atoms with Crippen molar-refractivity contribution in [3.8, 4) is 17.0 Å². The van der Waals surface area contributed by atoms with Gasteiger partial charge in [0.1, 0.15) is 11.6 Å². The number of aromatic nitrogens is 3. The smallest absolute Gasteiger partial charge is 0.406 e. The molecule has 2 aromatic heterocycles. The van der Waals surface area contributed by atoms with Crippen LogP contribution in [0.5, 0.6) is 5.75 Å². The van der Waals surface area contributed by atoms with Crippen LogP contribution < -0.4 is 15.4 Å². The number of nitrogens with zero attached hydrogens (tertiary/aromatic N) is 3. The van der Waals surface area contributed by atoms with Gasteiger partial charge < -0.3 is 15.4 Å². The number of aryl methyl sites for hydroxylation is 1. The number of rotatable bonds is 6. The second-order valence-electron chi connectivity index (χ2n) is 7.50. The van der Waals surface area contributed by atoms with Crippen LogP contribution in [0.15, 0.2) is 48.5 Å². The van der Waals surface area contributed by atoms with Gasteiger partial charge in [0.2, 0.25) is 5.95 Å². The number of alkyl halides is 3. The molecule has 1 fully saturated rings. The van der Waals surface area contributed by atoms with E-state index >= 15 is 0 Å². The van der Waals surface area contributed by atoms with E-state index in [-0.39, 0.29) is 5.75 Å². The fourth-order valence-corrected chi connectivity index (χ4v) is 4.06. The highest BCUT2D eigenvalue weighted by molar-refractivity contribution is 7.18. The molecule has 0 aliphatic heterocycles. The first kappa shape index (κ1) is 20.5. The van der Waals surface area contributed by atoms with Crippen LogP contribution in [0, 0.1) is 6.92 Å². The van der Waals surface area contributed by atoms with E-state index in [9.17, 15) is 13.2 Å². The summed E-state index contributed by atoms with van der Waals surface area (Å²) < 4.78 is 43.1. The van der Waals surface area contributed by atoms with Gasteiger partial charge in [0.25, 0.3) is 0 Å². The van der Waals surface area contributed by atoms with Crippen LogP contribution in [0.4, 0.5) is 30.6 Å². The van der Waals surface area contributed by atoms with E-state index < -0.39 is 6.36 Å². The Morgan fingerprint density at radius 1 is 1.03 bits per heavy atom. The lowest BCUT2D eigenvalue weighted by Crippen LogP contribution is -2.17. The molecule has 32 heavy (non-hydrogen) atoms. The third-order valence-corrected chi connectivity index (χ3v) is 5.72. The predicted octanol–water partition coefficient (Wildman–Crippen LogP) is 6.28. The topological polar surface area (TPSA) is 72.0 Å². The molecule has 0 spiro atoms. The van der Waals surface area contributed by atoms with Gasteiger partial charge in [-0.15, -0.1) is 24.5 Å². The molecule has 0 unspecified atom stereocenters. The molecule has 0 bridgehead atoms. The summed E-state index contributed by atoms with van der Waals surface area (Å²) in [6, 6.07) is 13.6. The number of fused-ring (bicyclic) bond motifs is 1. The lowest BCUT2D eigenvalue weighted by molar-refractivity contribution is -0.274. The fourth-order valence-electron chi connectivity index (χ4n) is 3.25. The average Bonchev–Trinajstić information content (AvgIpc) is 3.45. The molecule has 2 aromatic carbocycles. The third kappa shape index (κ3) is 4.91. The predicted molar refractivity (Wildman–Crippen MR) is 118 cm³/mol. The summed E-state index contributed by atoms with van der Waals surface area (Å²) in [6.45, 7) is 1.96. The Labute approximate surface area is 185 Å². The minimum atomic E-state index is -4.76. The summed E-state index contributed by atoms with van der Waals surface area (Å²) in [4.78, 5) is 13.6. The van der Waals surface area contributed by atoms with Gasteiger partial charge in [-0.25, -0.2) is 9.97 Å². The number of halogens is 3. The number of ether oxygens (including phenoxy) is 1. The Bertz CT molecular complexity index is 1290. The molecule has 6 nitrogen and oxygen atoms in total. The lowest BCUT2D eigenvalue weighted by atomic mass is 10.1. The first-order valence-corrected chi connectivity index (χ1v) is 10.8. The third-order valence-electron chi connectivity index (χ3n) is 4.77. The Hall–Kier alpha value is -3.40. The van der Waals surface area contributed by atoms with Crippen molar-refractivity contribution in [3.63, 3.8) is 0 Å². The Morgan fingerprint density at radius 3 is 2.66 bits per heavy atom. The SMILES string of the molecule is Cc1nc2cc(Nc3cc(-c4cccc(OC(F)(F)F)c4)nc(NC4CC4)n3)ccc2s1. The summed E-state index contributed by atoms with van der Waals surface area (Å²) in [7, 11) is 0. The summed E-state index contributed by atoms with van der Waals surface area (Å²) in [6.07, 6.45) is -2.70. The fraction of sp³-hybridized carbons (Fsp3) is 0.227. The van der Waals surface area contributed by atoms with Crippen LogP contribution in [0.1, 0.15) is 17.8 Å². The number of hydrogen-bond acceptors (Lipinski definition) is 7. The van der Waals surface area contributed by atoms with E-state index in [0.717, 1.165) is 33.8 Å². The largest absolute Gasteiger partial charge is 0.573 e. The molecule has 0 saturated heterocycles. The summed E-state index contributed by atoms with van der Waals surface area (Å²) >= 11 is 1.62. The highest BCUT2D eigenvalue weighted by Crippen LogP contribution is 2.31. The quantitative estimate of drug-likeness (QED) is 0.355. The van der Waals surface area contributed by atoms with Gasteiger partial charge in [-0.3, -0.25) is 0 Å².